The van der Waals surface area contributed by atoms with Crippen molar-refractivity contribution in [3.05, 3.63) is 0 Å². The third-order valence-electron chi connectivity index (χ3n) is 3.58. The van der Waals surface area contributed by atoms with E-state index in [1.165, 1.54) is 51.7 Å². The number of likely N-dealkylation sites (tertiary alicyclic amines) is 1. The SMILES string of the molecule is CCCC1CCN(CCC(C)(C)C)CC1. The Morgan fingerprint density at radius 1 is 1.13 bits per heavy atom. The fourth-order valence-corrected chi connectivity index (χ4v) is 2.40. The highest BCUT2D eigenvalue weighted by molar-refractivity contribution is 4.73. The van der Waals surface area contributed by atoms with Gasteiger partial charge in [-0.05, 0) is 50.2 Å². The Balaban J connectivity index is 2.15. The van der Waals surface area contributed by atoms with E-state index in [-0.39, 0.29) is 0 Å². The lowest BCUT2D eigenvalue weighted by atomic mass is 9.90. The Morgan fingerprint density at radius 2 is 1.73 bits per heavy atom. The summed E-state index contributed by atoms with van der Waals surface area (Å²) in [4.78, 5) is 2.66. The molecule has 0 saturated carbocycles. The molecule has 1 nitrogen and oxygen atoms in total. The molecule has 15 heavy (non-hydrogen) atoms. The molecule has 0 N–H and O–H groups in total. The summed E-state index contributed by atoms with van der Waals surface area (Å²) < 4.78 is 0. The monoisotopic (exact) mass is 211 g/mol. The molecule has 0 unspecified atom stereocenters. The summed E-state index contributed by atoms with van der Waals surface area (Å²) in [6.45, 7) is 13.3. The van der Waals surface area contributed by atoms with Gasteiger partial charge in [-0.2, -0.15) is 0 Å². The second kappa shape index (κ2) is 5.89. The first-order chi connectivity index (χ1) is 7.01. The molecule has 0 aliphatic carbocycles. The van der Waals surface area contributed by atoms with Crippen LogP contribution in [0.3, 0.4) is 0 Å². The molecular weight excluding hydrogens is 182 g/mol. The Hall–Kier alpha value is -0.0400. The fourth-order valence-electron chi connectivity index (χ4n) is 2.40. The van der Waals surface area contributed by atoms with Gasteiger partial charge in [0.05, 0.1) is 0 Å². The van der Waals surface area contributed by atoms with E-state index < -0.39 is 0 Å². The standard InChI is InChI=1S/C14H29N/c1-5-6-13-7-10-15(11-8-13)12-9-14(2,3)4/h13H,5-12H2,1-4H3. The van der Waals surface area contributed by atoms with Gasteiger partial charge in [0.2, 0.25) is 0 Å². The van der Waals surface area contributed by atoms with Gasteiger partial charge in [-0.25, -0.2) is 0 Å². The van der Waals surface area contributed by atoms with E-state index in [9.17, 15) is 0 Å². The molecule has 1 heterocycles. The third kappa shape index (κ3) is 5.55. The summed E-state index contributed by atoms with van der Waals surface area (Å²) in [5.74, 6) is 1.03. The zero-order valence-corrected chi connectivity index (χ0v) is 11.2. The first-order valence-electron chi connectivity index (χ1n) is 6.73. The fraction of sp³-hybridized carbons (Fsp3) is 1.00. The number of hydrogen-bond donors (Lipinski definition) is 0. The molecule has 0 aromatic carbocycles. The lowest BCUT2D eigenvalue weighted by molar-refractivity contribution is 0.159. The van der Waals surface area contributed by atoms with Gasteiger partial charge in [0.25, 0.3) is 0 Å². The van der Waals surface area contributed by atoms with E-state index in [0.29, 0.717) is 5.41 Å². The van der Waals surface area contributed by atoms with Crippen LogP contribution < -0.4 is 0 Å². The predicted molar refractivity (Wildman–Crippen MR) is 68.1 cm³/mol. The number of rotatable bonds is 4. The van der Waals surface area contributed by atoms with E-state index in [0.717, 1.165) is 5.92 Å². The van der Waals surface area contributed by atoms with Gasteiger partial charge < -0.3 is 4.90 Å². The highest BCUT2D eigenvalue weighted by Crippen LogP contribution is 2.24. The molecule has 0 bridgehead atoms. The zero-order valence-electron chi connectivity index (χ0n) is 11.2. The van der Waals surface area contributed by atoms with Crippen LogP contribution in [-0.2, 0) is 0 Å². The summed E-state index contributed by atoms with van der Waals surface area (Å²) in [5.41, 5.74) is 0.500. The van der Waals surface area contributed by atoms with Crippen molar-refractivity contribution in [1.82, 2.24) is 4.90 Å². The predicted octanol–water partition coefficient (Wildman–Crippen LogP) is 3.93. The van der Waals surface area contributed by atoms with E-state index >= 15 is 0 Å². The Bertz CT molecular complexity index is 161. The lowest BCUT2D eigenvalue weighted by Gasteiger charge is -2.33. The van der Waals surface area contributed by atoms with Crippen LogP contribution in [0.4, 0.5) is 0 Å². The topological polar surface area (TPSA) is 3.24 Å². The molecule has 1 fully saturated rings. The van der Waals surface area contributed by atoms with Gasteiger partial charge in [-0.15, -0.1) is 0 Å². The maximum Gasteiger partial charge on any atom is -0.00137 e. The molecular formula is C14H29N. The van der Waals surface area contributed by atoms with Crippen molar-refractivity contribution in [3.8, 4) is 0 Å². The number of nitrogens with zero attached hydrogens (tertiary/aromatic N) is 1. The minimum atomic E-state index is 0.500. The minimum Gasteiger partial charge on any atom is -0.303 e. The summed E-state index contributed by atoms with van der Waals surface area (Å²) in [7, 11) is 0. The van der Waals surface area contributed by atoms with Crippen molar-refractivity contribution in [1.29, 1.82) is 0 Å². The first-order valence-corrected chi connectivity index (χ1v) is 6.73. The average molecular weight is 211 g/mol. The van der Waals surface area contributed by atoms with E-state index in [1.807, 2.05) is 0 Å². The maximum absolute atomic E-state index is 2.66. The van der Waals surface area contributed by atoms with E-state index in [2.05, 4.69) is 32.6 Å². The van der Waals surface area contributed by atoms with E-state index in [4.69, 9.17) is 0 Å². The zero-order chi connectivity index (χ0) is 11.3. The van der Waals surface area contributed by atoms with Gasteiger partial charge in [0, 0.05) is 0 Å². The van der Waals surface area contributed by atoms with Crippen LogP contribution in [0.25, 0.3) is 0 Å². The molecule has 1 aliphatic heterocycles. The van der Waals surface area contributed by atoms with Crippen molar-refractivity contribution in [2.24, 2.45) is 11.3 Å². The molecule has 1 aliphatic rings. The molecule has 0 aromatic heterocycles. The second-order valence-corrected chi connectivity index (χ2v) is 6.38. The molecule has 1 heteroatoms. The number of piperidine rings is 1. The van der Waals surface area contributed by atoms with Crippen LogP contribution >= 0.6 is 0 Å². The van der Waals surface area contributed by atoms with Crippen LogP contribution in [0, 0.1) is 11.3 Å². The Kier molecular flexibility index (Phi) is 5.11. The van der Waals surface area contributed by atoms with Crippen molar-refractivity contribution >= 4 is 0 Å². The third-order valence-corrected chi connectivity index (χ3v) is 3.58. The highest BCUT2D eigenvalue weighted by atomic mass is 15.1. The summed E-state index contributed by atoms with van der Waals surface area (Å²) in [5, 5.41) is 0. The van der Waals surface area contributed by atoms with Crippen molar-refractivity contribution in [2.75, 3.05) is 19.6 Å². The normalized spacial score (nSPS) is 20.8. The smallest absolute Gasteiger partial charge is 0.00137 e. The molecule has 0 atom stereocenters. The average Bonchev–Trinajstić information content (AvgIpc) is 2.16. The highest BCUT2D eigenvalue weighted by Gasteiger charge is 2.19. The number of hydrogen-bond acceptors (Lipinski definition) is 1. The molecule has 1 saturated heterocycles. The summed E-state index contributed by atoms with van der Waals surface area (Å²) in [6, 6.07) is 0. The Labute approximate surface area is 96.2 Å². The van der Waals surface area contributed by atoms with Crippen LogP contribution in [0.15, 0.2) is 0 Å². The van der Waals surface area contributed by atoms with Crippen LogP contribution in [-0.4, -0.2) is 24.5 Å². The molecule has 1 rings (SSSR count). The summed E-state index contributed by atoms with van der Waals surface area (Å²) >= 11 is 0. The van der Waals surface area contributed by atoms with Crippen LogP contribution in [0.5, 0.6) is 0 Å². The van der Waals surface area contributed by atoms with Crippen LogP contribution in [0.1, 0.15) is 59.8 Å². The Morgan fingerprint density at radius 3 is 2.20 bits per heavy atom. The quantitative estimate of drug-likeness (QED) is 0.681. The maximum atomic E-state index is 2.66. The van der Waals surface area contributed by atoms with Crippen molar-refractivity contribution in [3.63, 3.8) is 0 Å². The molecule has 0 radical (unpaired) electrons. The van der Waals surface area contributed by atoms with Gasteiger partial charge >= 0.3 is 0 Å². The first kappa shape index (κ1) is 13.0. The van der Waals surface area contributed by atoms with Crippen molar-refractivity contribution in [2.45, 2.75) is 59.8 Å². The van der Waals surface area contributed by atoms with Gasteiger partial charge in [0.1, 0.15) is 0 Å². The van der Waals surface area contributed by atoms with E-state index in [1.54, 1.807) is 0 Å². The van der Waals surface area contributed by atoms with Crippen molar-refractivity contribution < 1.29 is 0 Å². The minimum absolute atomic E-state index is 0.500. The molecule has 0 aromatic rings. The largest absolute Gasteiger partial charge is 0.303 e. The summed E-state index contributed by atoms with van der Waals surface area (Å²) in [6.07, 6.45) is 7.04. The lowest BCUT2D eigenvalue weighted by Crippen LogP contribution is -2.35. The van der Waals surface area contributed by atoms with Gasteiger partial charge in [-0.3, -0.25) is 0 Å². The molecule has 0 spiro atoms. The molecule has 0 amide bonds. The van der Waals surface area contributed by atoms with Gasteiger partial charge in [0.15, 0.2) is 0 Å². The molecule has 90 valence electrons. The second-order valence-electron chi connectivity index (χ2n) is 6.38. The van der Waals surface area contributed by atoms with Gasteiger partial charge in [-0.1, -0.05) is 40.5 Å². The van der Waals surface area contributed by atoms with Crippen LogP contribution in [0.2, 0.25) is 0 Å².